The monoisotopic (exact) mass is 189 g/mol. The zero-order chi connectivity index (χ0) is 10.1. The van der Waals surface area contributed by atoms with Gasteiger partial charge in [0.15, 0.2) is 0 Å². The predicted octanol–water partition coefficient (Wildman–Crippen LogP) is -0.400. The van der Waals surface area contributed by atoms with Crippen LogP contribution in [0.2, 0.25) is 0 Å². The second kappa shape index (κ2) is 7.82. The molecule has 3 N–H and O–H groups in total. The van der Waals surface area contributed by atoms with Crippen LogP contribution in [0.25, 0.3) is 0 Å². The van der Waals surface area contributed by atoms with Crippen molar-refractivity contribution in [2.75, 3.05) is 33.4 Å². The molecule has 0 aliphatic rings. The summed E-state index contributed by atoms with van der Waals surface area (Å²) in [6.45, 7) is 1.52. The van der Waals surface area contributed by atoms with Crippen molar-refractivity contribution >= 4 is 6.03 Å². The first-order chi connectivity index (χ1) is 6.22. The molecule has 0 heterocycles. The molecule has 5 nitrogen and oxygen atoms in total. The van der Waals surface area contributed by atoms with Gasteiger partial charge in [-0.2, -0.15) is 0 Å². The SMILES string of the molecule is COCCN(CC[CH]CO)C(N)=O. The molecule has 0 unspecified atom stereocenters. The number of primary amides is 1. The number of nitrogens with two attached hydrogens (primary N) is 1. The summed E-state index contributed by atoms with van der Waals surface area (Å²) in [6, 6.07) is -0.455. The predicted molar refractivity (Wildman–Crippen MR) is 49.0 cm³/mol. The molecule has 0 aromatic rings. The molecule has 0 bridgehead atoms. The fourth-order valence-corrected chi connectivity index (χ4v) is 0.872. The van der Waals surface area contributed by atoms with Crippen LogP contribution in [-0.2, 0) is 4.74 Å². The molecule has 0 aliphatic carbocycles. The van der Waals surface area contributed by atoms with Crippen LogP contribution in [0.4, 0.5) is 4.79 Å². The van der Waals surface area contributed by atoms with Crippen molar-refractivity contribution in [3.63, 3.8) is 0 Å². The highest BCUT2D eigenvalue weighted by Gasteiger charge is 2.07. The normalized spacial score (nSPS) is 10.0. The highest BCUT2D eigenvalue weighted by atomic mass is 16.5. The van der Waals surface area contributed by atoms with E-state index in [4.69, 9.17) is 15.6 Å². The zero-order valence-corrected chi connectivity index (χ0v) is 7.90. The minimum absolute atomic E-state index is 0.0247. The van der Waals surface area contributed by atoms with E-state index in [9.17, 15) is 4.79 Å². The van der Waals surface area contributed by atoms with Gasteiger partial charge in [0.2, 0.25) is 0 Å². The number of aliphatic hydroxyl groups is 1. The number of unbranched alkanes of at least 4 members (excludes halogenated alkanes) is 1. The fraction of sp³-hybridized carbons (Fsp3) is 0.750. The van der Waals surface area contributed by atoms with Gasteiger partial charge in [-0.3, -0.25) is 0 Å². The van der Waals surface area contributed by atoms with Gasteiger partial charge in [-0.25, -0.2) is 4.79 Å². The summed E-state index contributed by atoms with van der Waals surface area (Å²) in [5.74, 6) is 0. The zero-order valence-electron chi connectivity index (χ0n) is 7.90. The standard InChI is InChI=1S/C8H17N2O3/c1-13-7-5-10(8(9)12)4-2-3-6-11/h3,11H,2,4-7H2,1H3,(H2,9,12). The topological polar surface area (TPSA) is 75.8 Å². The van der Waals surface area contributed by atoms with Crippen LogP contribution < -0.4 is 5.73 Å². The highest BCUT2D eigenvalue weighted by molar-refractivity contribution is 5.71. The lowest BCUT2D eigenvalue weighted by atomic mass is 10.3. The largest absolute Gasteiger partial charge is 0.396 e. The third kappa shape index (κ3) is 6.36. The smallest absolute Gasteiger partial charge is 0.314 e. The third-order valence-corrected chi connectivity index (χ3v) is 1.61. The Bertz CT molecular complexity index is 141. The first kappa shape index (κ1) is 12.2. The summed E-state index contributed by atoms with van der Waals surface area (Å²) >= 11 is 0. The van der Waals surface area contributed by atoms with Crippen molar-refractivity contribution in [1.29, 1.82) is 0 Å². The Morgan fingerprint density at radius 3 is 2.77 bits per heavy atom. The lowest BCUT2D eigenvalue weighted by Crippen LogP contribution is -2.38. The quantitative estimate of drug-likeness (QED) is 0.535. The Morgan fingerprint density at radius 2 is 2.31 bits per heavy atom. The van der Waals surface area contributed by atoms with E-state index in [1.165, 1.54) is 4.90 Å². The molecule has 1 radical (unpaired) electrons. The van der Waals surface area contributed by atoms with E-state index in [1.807, 2.05) is 0 Å². The number of urea groups is 1. The maximum atomic E-state index is 10.8. The van der Waals surface area contributed by atoms with Gasteiger partial charge < -0.3 is 20.5 Å². The Labute approximate surface area is 78.5 Å². The summed E-state index contributed by atoms with van der Waals surface area (Å²) < 4.78 is 4.82. The molecule has 0 fully saturated rings. The van der Waals surface area contributed by atoms with Gasteiger partial charge in [0.05, 0.1) is 6.61 Å². The van der Waals surface area contributed by atoms with Crippen LogP contribution in [0, 0.1) is 6.42 Å². The molecule has 0 spiro atoms. The summed E-state index contributed by atoms with van der Waals surface area (Å²) in [6.07, 6.45) is 2.33. The fourth-order valence-electron chi connectivity index (χ4n) is 0.872. The third-order valence-electron chi connectivity index (χ3n) is 1.61. The molecule has 0 rings (SSSR count). The van der Waals surface area contributed by atoms with E-state index in [-0.39, 0.29) is 6.61 Å². The number of rotatable bonds is 7. The van der Waals surface area contributed by atoms with E-state index in [0.29, 0.717) is 26.1 Å². The highest BCUT2D eigenvalue weighted by Crippen LogP contribution is 1.93. The molecule has 77 valence electrons. The first-order valence-corrected chi connectivity index (χ1v) is 4.18. The van der Waals surface area contributed by atoms with Gasteiger partial charge in [-0.1, -0.05) is 0 Å². The Hall–Kier alpha value is -0.810. The summed E-state index contributed by atoms with van der Waals surface area (Å²) in [4.78, 5) is 12.3. The lowest BCUT2D eigenvalue weighted by molar-refractivity contribution is 0.153. The first-order valence-electron chi connectivity index (χ1n) is 4.18. The molecule has 0 aromatic heterocycles. The minimum atomic E-state index is -0.455. The number of methoxy groups -OCH3 is 1. The van der Waals surface area contributed by atoms with Crippen molar-refractivity contribution in [3.05, 3.63) is 6.42 Å². The van der Waals surface area contributed by atoms with Crippen molar-refractivity contribution in [1.82, 2.24) is 4.90 Å². The van der Waals surface area contributed by atoms with Crippen molar-refractivity contribution in [2.45, 2.75) is 6.42 Å². The van der Waals surface area contributed by atoms with Gasteiger partial charge in [-0.05, 0) is 12.8 Å². The van der Waals surface area contributed by atoms with E-state index < -0.39 is 6.03 Å². The molecule has 0 atom stereocenters. The maximum absolute atomic E-state index is 10.8. The number of carbonyl (C=O) groups is 1. The van der Waals surface area contributed by atoms with Gasteiger partial charge in [-0.15, -0.1) is 0 Å². The molecule has 0 aliphatic heterocycles. The lowest BCUT2D eigenvalue weighted by Gasteiger charge is -2.19. The van der Waals surface area contributed by atoms with E-state index in [1.54, 1.807) is 13.5 Å². The number of hydrogen-bond acceptors (Lipinski definition) is 3. The Balaban J connectivity index is 3.61. The van der Waals surface area contributed by atoms with Gasteiger partial charge in [0.1, 0.15) is 0 Å². The van der Waals surface area contributed by atoms with Gasteiger partial charge >= 0.3 is 6.03 Å². The van der Waals surface area contributed by atoms with Crippen LogP contribution in [0.5, 0.6) is 0 Å². The van der Waals surface area contributed by atoms with Gasteiger partial charge in [0.25, 0.3) is 0 Å². The van der Waals surface area contributed by atoms with Crippen molar-refractivity contribution in [3.8, 4) is 0 Å². The number of nitrogens with zero attached hydrogens (tertiary/aromatic N) is 1. The molecular formula is C8H17N2O3. The van der Waals surface area contributed by atoms with E-state index >= 15 is 0 Å². The van der Waals surface area contributed by atoms with Crippen molar-refractivity contribution < 1.29 is 14.6 Å². The van der Waals surface area contributed by atoms with Crippen LogP contribution in [0.3, 0.4) is 0 Å². The summed E-state index contributed by atoms with van der Waals surface area (Å²) in [5.41, 5.74) is 5.11. The number of aliphatic hydroxyl groups excluding tert-OH is 1. The van der Waals surface area contributed by atoms with Gasteiger partial charge in [0, 0.05) is 26.8 Å². The van der Waals surface area contributed by atoms with E-state index in [2.05, 4.69) is 0 Å². The Kier molecular flexibility index (Phi) is 7.33. The number of carbonyl (C=O) groups excluding carboxylic acids is 1. The molecule has 2 amide bonds. The number of amides is 2. The maximum Gasteiger partial charge on any atom is 0.314 e. The second-order valence-corrected chi connectivity index (χ2v) is 2.58. The van der Waals surface area contributed by atoms with Crippen LogP contribution in [-0.4, -0.2) is 49.5 Å². The molecular weight excluding hydrogens is 172 g/mol. The van der Waals surface area contributed by atoms with Crippen molar-refractivity contribution in [2.24, 2.45) is 5.73 Å². The Morgan fingerprint density at radius 1 is 1.62 bits per heavy atom. The average Bonchev–Trinajstić information content (AvgIpc) is 2.10. The summed E-state index contributed by atoms with van der Waals surface area (Å²) in [7, 11) is 1.57. The number of ether oxygens (including phenoxy) is 1. The molecule has 0 saturated carbocycles. The second-order valence-electron chi connectivity index (χ2n) is 2.58. The van der Waals surface area contributed by atoms with Crippen LogP contribution in [0.15, 0.2) is 0 Å². The molecule has 13 heavy (non-hydrogen) atoms. The van der Waals surface area contributed by atoms with Crippen LogP contribution in [0.1, 0.15) is 6.42 Å². The molecule has 0 aromatic carbocycles. The number of hydrogen-bond donors (Lipinski definition) is 2. The van der Waals surface area contributed by atoms with E-state index in [0.717, 1.165) is 0 Å². The minimum Gasteiger partial charge on any atom is -0.396 e. The average molecular weight is 189 g/mol. The molecule has 5 heteroatoms. The van der Waals surface area contributed by atoms with Crippen LogP contribution >= 0.6 is 0 Å². The summed E-state index contributed by atoms with van der Waals surface area (Å²) in [5, 5.41) is 8.48. The molecule has 0 saturated heterocycles.